The first-order chi connectivity index (χ1) is 10.3. The van der Waals surface area contributed by atoms with E-state index in [0.29, 0.717) is 19.5 Å². The highest BCUT2D eigenvalue weighted by Crippen LogP contribution is 2.20. The molecule has 1 atom stereocenters. The van der Waals surface area contributed by atoms with Gasteiger partial charge < -0.3 is 15.0 Å². The van der Waals surface area contributed by atoms with E-state index < -0.39 is 15.9 Å². The third-order valence-electron chi connectivity index (χ3n) is 4.09. The largest absolute Gasteiger partial charge is 0.439 e. The van der Waals surface area contributed by atoms with Crippen LogP contribution in [-0.2, 0) is 19.4 Å². The first-order valence-electron chi connectivity index (χ1n) is 7.07. The molecule has 22 heavy (non-hydrogen) atoms. The van der Waals surface area contributed by atoms with Gasteiger partial charge in [0.1, 0.15) is 0 Å². The molecule has 0 bridgehead atoms. The standard InChI is InChI=1S/C12H17N3O6S/c16-10-6-21-12(18)15(10)5-8-3-14(4-8)11(17)13-9-1-2-22(19,20)7-9/h8-9H,1-7H2,(H,13,17). The highest BCUT2D eigenvalue weighted by molar-refractivity contribution is 7.91. The lowest BCUT2D eigenvalue weighted by Gasteiger charge is -2.40. The molecule has 0 aromatic rings. The number of hydrogen-bond acceptors (Lipinski definition) is 6. The second kappa shape index (κ2) is 5.41. The summed E-state index contributed by atoms with van der Waals surface area (Å²) in [5, 5.41) is 2.70. The molecule has 3 rings (SSSR count). The third kappa shape index (κ3) is 3.01. The van der Waals surface area contributed by atoms with Gasteiger partial charge in [-0.25, -0.2) is 22.9 Å². The van der Waals surface area contributed by atoms with Crippen molar-refractivity contribution in [1.82, 2.24) is 15.1 Å². The minimum absolute atomic E-state index is 0.00979. The number of carbonyl (C=O) groups is 3. The van der Waals surface area contributed by atoms with Crippen LogP contribution in [-0.4, -0.2) is 80.0 Å². The zero-order chi connectivity index (χ0) is 15.9. The van der Waals surface area contributed by atoms with Gasteiger partial charge in [-0.1, -0.05) is 0 Å². The van der Waals surface area contributed by atoms with Crippen molar-refractivity contribution in [3.63, 3.8) is 0 Å². The Kier molecular flexibility index (Phi) is 3.71. The van der Waals surface area contributed by atoms with Crippen molar-refractivity contribution in [2.45, 2.75) is 12.5 Å². The molecule has 0 aromatic heterocycles. The number of ether oxygens (including phenoxy) is 1. The Bertz CT molecular complexity index is 596. The summed E-state index contributed by atoms with van der Waals surface area (Å²) in [7, 11) is -3.02. The molecule has 0 spiro atoms. The van der Waals surface area contributed by atoms with Crippen molar-refractivity contribution in [2.75, 3.05) is 37.7 Å². The van der Waals surface area contributed by atoms with E-state index in [4.69, 9.17) is 0 Å². The van der Waals surface area contributed by atoms with E-state index in [1.165, 1.54) is 0 Å². The summed E-state index contributed by atoms with van der Waals surface area (Å²) in [6, 6.07) is -0.625. The highest BCUT2D eigenvalue weighted by Gasteiger charge is 2.39. The molecule has 0 radical (unpaired) electrons. The summed E-state index contributed by atoms with van der Waals surface area (Å²) < 4.78 is 27.3. The monoisotopic (exact) mass is 331 g/mol. The quantitative estimate of drug-likeness (QED) is 0.694. The van der Waals surface area contributed by atoms with Gasteiger partial charge in [0.05, 0.1) is 11.5 Å². The highest BCUT2D eigenvalue weighted by atomic mass is 32.2. The minimum atomic E-state index is -3.02. The van der Waals surface area contributed by atoms with Gasteiger partial charge >= 0.3 is 12.1 Å². The van der Waals surface area contributed by atoms with Gasteiger partial charge in [0.2, 0.25) is 0 Å². The molecule has 3 fully saturated rings. The summed E-state index contributed by atoms with van der Waals surface area (Å²) >= 11 is 0. The van der Waals surface area contributed by atoms with E-state index in [2.05, 4.69) is 10.1 Å². The van der Waals surface area contributed by atoms with Crippen LogP contribution in [0, 0.1) is 5.92 Å². The van der Waals surface area contributed by atoms with Crippen LogP contribution in [0.3, 0.4) is 0 Å². The summed E-state index contributed by atoms with van der Waals surface area (Å²) in [6.45, 7) is 0.899. The molecule has 3 heterocycles. The smallest absolute Gasteiger partial charge is 0.417 e. The number of imide groups is 1. The normalized spacial score (nSPS) is 27.7. The topological polar surface area (TPSA) is 113 Å². The molecule has 4 amide bonds. The van der Waals surface area contributed by atoms with E-state index in [1.54, 1.807) is 4.90 Å². The lowest BCUT2D eigenvalue weighted by molar-refractivity contribution is -0.126. The Morgan fingerprint density at radius 2 is 2.05 bits per heavy atom. The van der Waals surface area contributed by atoms with Crippen LogP contribution in [0.25, 0.3) is 0 Å². The fourth-order valence-electron chi connectivity index (χ4n) is 2.84. The van der Waals surface area contributed by atoms with Crippen molar-refractivity contribution in [3.8, 4) is 0 Å². The van der Waals surface area contributed by atoms with Crippen LogP contribution in [0.2, 0.25) is 0 Å². The lowest BCUT2D eigenvalue weighted by Crippen LogP contribution is -2.58. The maximum absolute atomic E-state index is 12.0. The summed E-state index contributed by atoms with van der Waals surface area (Å²) in [6.07, 6.45) is -0.191. The molecule has 3 saturated heterocycles. The number of sulfone groups is 1. The number of hydrogen-bond donors (Lipinski definition) is 1. The molecule has 0 aliphatic carbocycles. The van der Waals surface area contributed by atoms with Crippen LogP contribution >= 0.6 is 0 Å². The fraction of sp³-hybridized carbons (Fsp3) is 0.750. The van der Waals surface area contributed by atoms with Crippen LogP contribution in [0.1, 0.15) is 6.42 Å². The Hall–Kier alpha value is -1.84. The Balaban J connectivity index is 1.42. The summed E-state index contributed by atoms with van der Waals surface area (Å²) in [5.74, 6) is -0.221. The molecule has 3 aliphatic heterocycles. The maximum Gasteiger partial charge on any atom is 0.417 e. The van der Waals surface area contributed by atoms with Gasteiger partial charge in [0, 0.05) is 31.6 Å². The maximum atomic E-state index is 12.0. The Morgan fingerprint density at radius 3 is 2.59 bits per heavy atom. The second-order valence-corrected chi connectivity index (χ2v) is 8.11. The molecule has 1 N–H and O–H groups in total. The van der Waals surface area contributed by atoms with E-state index in [-0.39, 0.29) is 48.6 Å². The number of carbonyl (C=O) groups excluding carboxylic acids is 3. The molecule has 1 unspecified atom stereocenters. The molecule has 9 nitrogen and oxygen atoms in total. The van der Waals surface area contributed by atoms with Crippen LogP contribution < -0.4 is 5.32 Å². The van der Waals surface area contributed by atoms with E-state index in [0.717, 1.165) is 4.90 Å². The number of likely N-dealkylation sites (tertiary alicyclic amines) is 1. The fourth-order valence-corrected chi connectivity index (χ4v) is 4.51. The molecule has 122 valence electrons. The number of cyclic esters (lactones) is 1. The number of nitrogens with zero attached hydrogens (tertiary/aromatic N) is 2. The van der Waals surface area contributed by atoms with Crippen molar-refractivity contribution in [3.05, 3.63) is 0 Å². The Labute approximate surface area is 127 Å². The molecule has 0 aromatic carbocycles. The van der Waals surface area contributed by atoms with E-state index >= 15 is 0 Å². The zero-order valence-corrected chi connectivity index (χ0v) is 12.7. The number of urea groups is 1. The summed E-state index contributed by atoms with van der Waals surface area (Å²) in [5.41, 5.74) is 0. The van der Waals surface area contributed by atoms with Crippen molar-refractivity contribution in [2.24, 2.45) is 5.92 Å². The van der Waals surface area contributed by atoms with Crippen LogP contribution in [0.5, 0.6) is 0 Å². The minimum Gasteiger partial charge on any atom is -0.439 e. The average molecular weight is 331 g/mol. The van der Waals surface area contributed by atoms with Crippen molar-refractivity contribution < 1.29 is 27.5 Å². The predicted molar refractivity (Wildman–Crippen MR) is 73.7 cm³/mol. The van der Waals surface area contributed by atoms with Gasteiger partial charge in [0.25, 0.3) is 5.91 Å². The number of nitrogens with one attached hydrogen (secondary N) is 1. The van der Waals surface area contributed by atoms with E-state index in [9.17, 15) is 22.8 Å². The average Bonchev–Trinajstić information content (AvgIpc) is 2.88. The van der Waals surface area contributed by atoms with Crippen LogP contribution in [0.15, 0.2) is 0 Å². The van der Waals surface area contributed by atoms with Gasteiger partial charge in [0.15, 0.2) is 16.4 Å². The second-order valence-electron chi connectivity index (χ2n) is 5.88. The molecule has 10 heteroatoms. The zero-order valence-electron chi connectivity index (χ0n) is 11.9. The lowest BCUT2D eigenvalue weighted by atomic mass is 10.00. The van der Waals surface area contributed by atoms with Gasteiger partial charge in [-0.05, 0) is 6.42 Å². The van der Waals surface area contributed by atoms with Crippen molar-refractivity contribution in [1.29, 1.82) is 0 Å². The molecule has 3 aliphatic rings. The predicted octanol–water partition coefficient (Wildman–Crippen LogP) is -1.21. The van der Waals surface area contributed by atoms with Gasteiger partial charge in [-0.2, -0.15) is 0 Å². The van der Waals surface area contributed by atoms with Crippen molar-refractivity contribution >= 4 is 27.9 Å². The molecular weight excluding hydrogens is 314 g/mol. The van der Waals surface area contributed by atoms with E-state index in [1.807, 2.05) is 0 Å². The van der Waals surface area contributed by atoms with Gasteiger partial charge in [-0.15, -0.1) is 0 Å². The third-order valence-corrected chi connectivity index (χ3v) is 5.85. The first-order valence-corrected chi connectivity index (χ1v) is 8.89. The first kappa shape index (κ1) is 15.1. The Morgan fingerprint density at radius 1 is 1.32 bits per heavy atom. The SMILES string of the molecule is O=C(NC1CCS(=O)(=O)C1)N1CC(CN2C(=O)COC2=O)C1. The summed E-state index contributed by atoms with van der Waals surface area (Å²) in [4.78, 5) is 37.3. The number of amides is 4. The number of rotatable bonds is 3. The molecule has 0 saturated carbocycles. The van der Waals surface area contributed by atoms with Crippen LogP contribution in [0.4, 0.5) is 9.59 Å². The molecular formula is C12H17N3O6S. The van der Waals surface area contributed by atoms with Gasteiger partial charge in [-0.3, -0.25) is 4.79 Å².